The van der Waals surface area contributed by atoms with Gasteiger partial charge in [-0.3, -0.25) is 4.79 Å². The van der Waals surface area contributed by atoms with Crippen molar-refractivity contribution in [3.8, 4) is 0 Å². The summed E-state index contributed by atoms with van der Waals surface area (Å²) >= 11 is 0. The monoisotopic (exact) mass is 283 g/mol. The number of aliphatic carboxylic acids is 1. The summed E-state index contributed by atoms with van der Waals surface area (Å²) < 4.78 is 0. The molecule has 0 aromatic heterocycles. The van der Waals surface area contributed by atoms with E-state index in [1.807, 2.05) is 62.4 Å². The van der Waals surface area contributed by atoms with Crippen LogP contribution >= 0.6 is 0 Å². The summed E-state index contributed by atoms with van der Waals surface area (Å²) in [4.78, 5) is 11.9. The lowest BCUT2D eigenvalue weighted by atomic mass is 9.75. The standard InChI is InChI=1S/C18H21NO2/c1-13-8-9-15(10-14(13)2)11-18(12-19,17(20)21)16-6-4-3-5-7-16/h3-10H,11-12,19H2,1-2H3,(H,20,21). The highest BCUT2D eigenvalue weighted by Crippen LogP contribution is 2.29. The lowest BCUT2D eigenvalue weighted by Crippen LogP contribution is -2.45. The molecular weight excluding hydrogens is 262 g/mol. The Hall–Kier alpha value is -2.13. The SMILES string of the molecule is Cc1ccc(CC(CN)(C(=O)O)c2ccccc2)cc1C. The molecule has 3 heteroatoms. The molecule has 2 aromatic carbocycles. The topological polar surface area (TPSA) is 63.3 Å². The third-order valence-corrected chi connectivity index (χ3v) is 4.16. The van der Waals surface area contributed by atoms with Crippen LogP contribution in [0.2, 0.25) is 0 Å². The van der Waals surface area contributed by atoms with Crippen molar-refractivity contribution in [2.24, 2.45) is 5.73 Å². The lowest BCUT2D eigenvalue weighted by Gasteiger charge is -2.29. The molecule has 1 atom stereocenters. The van der Waals surface area contributed by atoms with Crippen LogP contribution in [0.4, 0.5) is 0 Å². The smallest absolute Gasteiger partial charge is 0.315 e. The molecule has 0 heterocycles. The van der Waals surface area contributed by atoms with Gasteiger partial charge in [0.25, 0.3) is 0 Å². The van der Waals surface area contributed by atoms with Gasteiger partial charge in [-0.1, -0.05) is 48.5 Å². The normalized spacial score (nSPS) is 13.7. The highest BCUT2D eigenvalue weighted by atomic mass is 16.4. The van der Waals surface area contributed by atoms with Gasteiger partial charge in [-0.05, 0) is 42.5 Å². The second kappa shape index (κ2) is 6.10. The fraction of sp³-hybridized carbons (Fsp3) is 0.278. The molecule has 0 aliphatic carbocycles. The third kappa shape index (κ3) is 2.98. The molecule has 2 aromatic rings. The van der Waals surface area contributed by atoms with Gasteiger partial charge in [-0.2, -0.15) is 0 Å². The molecule has 2 rings (SSSR count). The van der Waals surface area contributed by atoms with Crippen molar-refractivity contribution in [3.05, 3.63) is 70.8 Å². The minimum Gasteiger partial charge on any atom is -0.481 e. The van der Waals surface area contributed by atoms with Crippen LogP contribution in [0.5, 0.6) is 0 Å². The summed E-state index contributed by atoms with van der Waals surface area (Å²) in [5.41, 5.74) is 8.90. The van der Waals surface area contributed by atoms with Gasteiger partial charge >= 0.3 is 5.97 Å². The average Bonchev–Trinajstić information content (AvgIpc) is 2.49. The summed E-state index contributed by atoms with van der Waals surface area (Å²) in [7, 11) is 0. The molecule has 110 valence electrons. The quantitative estimate of drug-likeness (QED) is 0.887. The first-order chi connectivity index (χ1) is 9.99. The number of benzene rings is 2. The first kappa shape index (κ1) is 15.3. The van der Waals surface area contributed by atoms with Gasteiger partial charge in [0.1, 0.15) is 5.41 Å². The number of hydrogen-bond acceptors (Lipinski definition) is 2. The van der Waals surface area contributed by atoms with Gasteiger partial charge in [0.05, 0.1) is 0 Å². The zero-order chi connectivity index (χ0) is 15.5. The van der Waals surface area contributed by atoms with Crippen LogP contribution in [0, 0.1) is 13.8 Å². The summed E-state index contributed by atoms with van der Waals surface area (Å²) in [6, 6.07) is 15.3. The van der Waals surface area contributed by atoms with Gasteiger partial charge in [-0.15, -0.1) is 0 Å². The number of nitrogens with two attached hydrogens (primary N) is 1. The Morgan fingerprint density at radius 3 is 2.29 bits per heavy atom. The van der Waals surface area contributed by atoms with Crippen molar-refractivity contribution in [2.75, 3.05) is 6.54 Å². The molecule has 3 nitrogen and oxygen atoms in total. The van der Waals surface area contributed by atoms with Crippen molar-refractivity contribution in [1.82, 2.24) is 0 Å². The van der Waals surface area contributed by atoms with E-state index in [0.717, 1.165) is 16.7 Å². The van der Waals surface area contributed by atoms with Crippen LogP contribution in [-0.4, -0.2) is 17.6 Å². The summed E-state index contributed by atoms with van der Waals surface area (Å²) in [6.07, 6.45) is 0.393. The Balaban J connectivity index is 2.46. The van der Waals surface area contributed by atoms with E-state index in [1.165, 1.54) is 5.56 Å². The number of carboxylic acid groups (broad SMARTS) is 1. The highest BCUT2D eigenvalue weighted by molar-refractivity contribution is 5.82. The molecule has 0 aliphatic heterocycles. The van der Waals surface area contributed by atoms with Crippen LogP contribution in [-0.2, 0) is 16.6 Å². The van der Waals surface area contributed by atoms with Crippen molar-refractivity contribution in [1.29, 1.82) is 0 Å². The van der Waals surface area contributed by atoms with Crippen LogP contribution < -0.4 is 5.73 Å². The van der Waals surface area contributed by atoms with Crippen molar-refractivity contribution < 1.29 is 9.90 Å². The fourth-order valence-corrected chi connectivity index (χ4v) is 2.60. The number of hydrogen-bond donors (Lipinski definition) is 2. The van der Waals surface area contributed by atoms with Gasteiger partial charge < -0.3 is 10.8 Å². The van der Waals surface area contributed by atoms with E-state index in [4.69, 9.17) is 5.73 Å². The molecule has 0 radical (unpaired) electrons. The van der Waals surface area contributed by atoms with Crippen molar-refractivity contribution in [2.45, 2.75) is 25.7 Å². The van der Waals surface area contributed by atoms with E-state index in [1.54, 1.807) is 0 Å². The van der Waals surface area contributed by atoms with Crippen LogP contribution in [0.3, 0.4) is 0 Å². The first-order valence-electron chi connectivity index (χ1n) is 7.05. The third-order valence-electron chi connectivity index (χ3n) is 4.16. The van der Waals surface area contributed by atoms with Gasteiger partial charge in [0, 0.05) is 6.54 Å². The van der Waals surface area contributed by atoms with E-state index >= 15 is 0 Å². The first-order valence-corrected chi connectivity index (χ1v) is 7.05. The fourth-order valence-electron chi connectivity index (χ4n) is 2.60. The molecule has 0 saturated carbocycles. The van der Waals surface area contributed by atoms with Gasteiger partial charge in [0.15, 0.2) is 0 Å². The van der Waals surface area contributed by atoms with E-state index in [0.29, 0.717) is 6.42 Å². The van der Waals surface area contributed by atoms with Crippen LogP contribution in [0.1, 0.15) is 22.3 Å². The second-order valence-corrected chi connectivity index (χ2v) is 5.55. The Labute approximate surface area is 125 Å². The number of carbonyl (C=O) groups is 1. The molecule has 1 unspecified atom stereocenters. The molecule has 3 N–H and O–H groups in total. The number of aryl methyl sites for hydroxylation is 2. The minimum absolute atomic E-state index is 0.0687. The Kier molecular flexibility index (Phi) is 4.43. The van der Waals surface area contributed by atoms with Gasteiger partial charge in [-0.25, -0.2) is 0 Å². The molecule has 0 aliphatic rings. The van der Waals surface area contributed by atoms with E-state index in [9.17, 15) is 9.90 Å². The van der Waals surface area contributed by atoms with Crippen molar-refractivity contribution in [3.63, 3.8) is 0 Å². The van der Waals surface area contributed by atoms with Crippen molar-refractivity contribution >= 4 is 5.97 Å². The number of rotatable bonds is 5. The Bertz CT molecular complexity index is 637. The second-order valence-electron chi connectivity index (χ2n) is 5.55. The molecule has 21 heavy (non-hydrogen) atoms. The van der Waals surface area contributed by atoms with E-state index in [-0.39, 0.29) is 6.54 Å². The lowest BCUT2D eigenvalue weighted by molar-refractivity contribution is -0.143. The van der Waals surface area contributed by atoms with E-state index < -0.39 is 11.4 Å². The Morgan fingerprint density at radius 1 is 1.10 bits per heavy atom. The summed E-state index contributed by atoms with van der Waals surface area (Å²) in [6.45, 7) is 4.15. The number of carboxylic acids is 1. The predicted octanol–water partition coefficient (Wildman–Crippen LogP) is 2.83. The molecule has 0 amide bonds. The summed E-state index contributed by atoms with van der Waals surface area (Å²) in [5, 5.41) is 9.78. The zero-order valence-corrected chi connectivity index (χ0v) is 12.5. The van der Waals surface area contributed by atoms with Crippen LogP contribution in [0.15, 0.2) is 48.5 Å². The molecule has 0 saturated heterocycles. The maximum absolute atomic E-state index is 11.9. The molecule has 0 bridgehead atoms. The van der Waals surface area contributed by atoms with E-state index in [2.05, 4.69) is 0 Å². The van der Waals surface area contributed by atoms with Gasteiger partial charge in [0.2, 0.25) is 0 Å². The summed E-state index contributed by atoms with van der Waals surface area (Å²) in [5.74, 6) is -0.880. The molecular formula is C18H21NO2. The average molecular weight is 283 g/mol. The molecule has 0 spiro atoms. The maximum Gasteiger partial charge on any atom is 0.315 e. The largest absolute Gasteiger partial charge is 0.481 e. The molecule has 0 fully saturated rings. The van der Waals surface area contributed by atoms with Crippen LogP contribution in [0.25, 0.3) is 0 Å². The highest BCUT2D eigenvalue weighted by Gasteiger charge is 2.39. The Morgan fingerprint density at radius 2 is 1.76 bits per heavy atom. The maximum atomic E-state index is 11.9. The predicted molar refractivity (Wildman–Crippen MR) is 84.4 cm³/mol. The minimum atomic E-state index is -1.08. The zero-order valence-electron chi connectivity index (χ0n) is 12.5.